The van der Waals surface area contributed by atoms with E-state index in [0.29, 0.717) is 11.3 Å². The molecule has 0 aliphatic heterocycles. The summed E-state index contributed by atoms with van der Waals surface area (Å²) in [7, 11) is 0. The lowest BCUT2D eigenvalue weighted by Gasteiger charge is -2.20. The topological polar surface area (TPSA) is 107 Å². The fraction of sp³-hybridized carbons (Fsp3) is 0.333. The lowest BCUT2D eigenvalue weighted by Crippen LogP contribution is -2.44. The van der Waals surface area contributed by atoms with Gasteiger partial charge in [0.15, 0.2) is 6.10 Å². The first kappa shape index (κ1) is 14.0. The number of hydrazine groups is 1. The molecule has 0 heterocycles. The zero-order chi connectivity index (χ0) is 13.7. The molecule has 1 atom stereocenters. The van der Waals surface area contributed by atoms with Gasteiger partial charge in [0.1, 0.15) is 5.75 Å². The second-order valence-corrected chi connectivity index (χ2v) is 4.18. The molecule has 0 saturated carbocycles. The summed E-state index contributed by atoms with van der Waals surface area (Å²) in [6.45, 7) is 3.66. The average Bonchev–Trinajstić information content (AvgIpc) is 2.35. The number of carbonyl (C=O) groups is 2. The second-order valence-electron chi connectivity index (χ2n) is 4.18. The third-order valence-corrected chi connectivity index (χ3v) is 2.39. The van der Waals surface area contributed by atoms with Crippen molar-refractivity contribution in [2.45, 2.75) is 20.0 Å². The quantitative estimate of drug-likeness (QED) is 0.394. The Morgan fingerprint density at radius 2 is 2.00 bits per heavy atom. The highest BCUT2D eigenvalue weighted by molar-refractivity contribution is 5.93. The van der Waals surface area contributed by atoms with Crippen molar-refractivity contribution in [1.29, 1.82) is 0 Å². The predicted octanol–water partition coefficient (Wildman–Crippen LogP) is 0.179. The number of benzene rings is 1. The van der Waals surface area contributed by atoms with E-state index in [1.807, 2.05) is 19.3 Å². The summed E-state index contributed by atoms with van der Waals surface area (Å²) in [6.07, 6.45) is -0.724. The van der Waals surface area contributed by atoms with Gasteiger partial charge in [-0.2, -0.15) is 0 Å². The molecule has 0 aliphatic rings. The number of carbonyl (C=O) groups excluding carboxylic acids is 2. The first-order valence-corrected chi connectivity index (χ1v) is 5.52. The van der Waals surface area contributed by atoms with Gasteiger partial charge in [-0.05, 0) is 24.1 Å². The zero-order valence-corrected chi connectivity index (χ0v) is 10.3. The Labute approximate surface area is 105 Å². The van der Waals surface area contributed by atoms with Gasteiger partial charge in [-0.15, -0.1) is 0 Å². The van der Waals surface area contributed by atoms with Crippen LogP contribution in [-0.4, -0.2) is 17.9 Å². The highest BCUT2D eigenvalue weighted by atomic mass is 16.5. The zero-order valence-electron chi connectivity index (χ0n) is 10.3. The van der Waals surface area contributed by atoms with E-state index in [1.165, 1.54) is 6.07 Å². The van der Waals surface area contributed by atoms with Crippen molar-refractivity contribution in [3.63, 3.8) is 0 Å². The number of hydrogen-bond donors (Lipinski definition) is 3. The second kappa shape index (κ2) is 6.02. The Balaban J connectivity index is 2.90. The molecule has 6 nitrogen and oxygen atoms in total. The van der Waals surface area contributed by atoms with Crippen LogP contribution in [0.4, 0.5) is 0 Å². The fourth-order valence-electron chi connectivity index (χ4n) is 1.44. The number of rotatable bonds is 5. The maximum absolute atomic E-state index is 11.5. The minimum atomic E-state index is -0.724. The van der Waals surface area contributed by atoms with Gasteiger partial charge in [0.2, 0.25) is 5.91 Å². The van der Waals surface area contributed by atoms with Crippen LogP contribution in [0.2, 0.25) is 0 Å². The Hall–Kier alpha value is -2.08. The summed E-state index contributed by atoms with van der Waals surface area (Å²) in [6, 6.07) is 6.34. The molecule has 1 rings (SSSR count). The van der Waals surface area contributed by atoms with E-state index in [4.69, 9.17) is 16.3 Å². The van der Waals surface area contributed by atoms with E-state index in [2.05, 4.69) is 0 Å². The fourth-order valence-corrected chi connectivity index (χ4v) is 1.44. The molecule has 0 spiro atoms. The molecular formula is C12H17N3O3. The van der Waals surface area contributed by atoms with Crippen molar-refractivity contribution in [2.24, 2.45) is 17.5 Å². The Morgan fingerprint density at radius 1 is 1.33 bits per heavy atom. The summed E-state index contributed by atoms with van der Waals surface area (Å²) < 4.78 is 5.52. The molecule has 6 heteroatoms. The molecule has 0 saturated heterocycles. The standard InChI is InChI=1S/C12H17N3O3/c1-7(2)10(12(17)15-14)18-9-5-3-4-8(6-9)11(13)16/h3-7,10H,14H2,1-2H3,(H2,13,16)(H,15,17). The first-order chi connectivity index (χ1) is 8.45. The molecule has 1 unspecified atom stereocenters. The summed E-state index contributed by atoms with van der Waals surface area (Å²) in [5, 5.41) is 0. The largest absolute Gasteiger partial charge is 0.480 e. The van der Waals surface area contributed by atoms with E-state index in [-0.39, 0.29) is 5.92 Å². The average molecular weight is 251 g/mol. The Morgan fingerprint density at radius 3 is 2.50 bits per heavy atom. The Kier molecular flexibility index (Phi) is 4.67. The van der Waals surface area contributed by atoms with Crippen molar-refractivity contribution in [1.82, 2.24) is 5.43 Å². The number of nitrogens with one attached hydrogen (secondary N) is 1. The van der Waals surface area contributed by atoms with Crippen LogP contribution in [0.25, 0.3) is 0 Å². The summed E-state index contributed by atoms with van der Waals surface area (Å²) in [4.78, 5) is 22.6. The summed E-state index contributed by atoms with van der Waals surface area (Å²) in [5.74, 6) is 4.45. The molecule has 0 radical (unpaired) electrons. The Bertz CT molecular complexity index is 446. The third-order valence-electron chi connectivity index (χ3n) is 2.39. The van der Waals surface area contributed by atoms with E-state index < -0.39 is 17.9 Å². The van der Waals surface area contributed by atoms with Gasteiger partial charge in [0.05, 0.1) is 0 Å². The molecule has 0 fully saturated rings. The lowest BCUT2D eigenvalue weighted by atomic mass is 10.1. The van der Waals surface area contributed by atoms with E-state index >= 15 is 0 Å². The summed E-state index contributed by atoms with van der Waals surface area (Å²) >= 11 is 0. The molecular weight excluding hydrogens is 234 g/mol. The maximum Gasteiger partial charge on any atom is 0.275 e. The molecule has 1 aromatic rings. The van der Waals surface area contributed by atoms with Crippen molar-refractivity contribution >= 4 is 11.8 Å². The molecule has 98 valence electrons. The predicted molar refractivity (Wildman–Crippen MR) is 66.5 cm³/mol. The monoisotopic (exact) mass is 251 g/mol. The van der Waals surface area contributed by atoms with Gasteiger partial charge in [0, 0.05) is 5.56 Å². The van der Waals surface area contributed by atoms with Gasteiger partial charge in [0.25, 0.3) is 5.91 Å². The van der Waals surface area contributed by atoms with Crippen LogP contribution in [0.1, 0.15) is 24.2 Å². The molecule has 0 bridgehead atoms. The smallest absolute Gasteiger partial charge is 0.275 e. The van der Waals surface area contributed by atoms with Crippen molar-refractivity contribution < 1.29 is 14.3 Å². The number of primary amides is 1. The van der Waals surface area contributed by atoms with Gasteiger partial charge >= 0.3 is 0 Å². The normalized spacial score (nSPS) is 12.0. The minimum absolute atomic E-state index is 0.0641. The lowest BCUT2D eigenvalue weighted by molar-refractivity contribution is -0.129. The highest BCUT2D eigenvalue weighted by Crippen LogP contribution is 2.17. The summed E-state index contributed by atoms with van der Waals surface area (Å²) in [5.41, 5.74) is 7.54. The third kappa shape index (κ3) is 3.46. The van der Waals surface area contributed by atoms with Crippen LogP contribution in [-0.2, 0) is 4.79 Å². The van der Waals surface area contributed by atoms with E-state index in [9.17, 15) is 9.59 Å². The van der Waals surface area contributed by atoms with Gasteiger partial charge in [-0.25, -0.2) is 5.84 Å². The van der Waals surface area contributed by atoms with Gasteiger partial charge < -0.3 is 10.5 Å². The first-order valence-electron chi connectivity index (χ1n) is 5.52. The van der Waals surface area contributed by atoms with E-state index in [1.54, 1.807) is 18.2 Å². The van der Waals surface area contributed by atoms with Crippen LogP contribution < -0.4 is 21.7 Å². The van der Waals surface area contributed by atoms with E-state index in [0.717, 1.165) is 0 Å². The van der Waals surface area contributed by atoms with Crippen LogP contribution in [0, 0.1) is 5.92 Å². The van der Waals surface area contributed by atoms with Crippen LogP contribution in [0.15, 0.2) is 24.3 Å². The van der Waals surface area contributed by atoms with Gasteiger partial charge in [-0.3, -0.25) is 15.0 Å². The van der Waals surface area contributed by atoms with Crippen molar-refractivity contribution in [3.8, 4) is 5.75 Å². The molecule has 18 heavy (non-hydrogen) atoms. The number of ether oxygens (including phenoxy) is 1. The highest BCUT2D eigenvalue weighted by Gasteiger charge is 2.23. The molecule has 1 aromatic carbocycles. The molecule has 0 aromatic heterocycles. The minimum Gasteiger partial charge on any atom is -0.480 e. The number of amides is 2. The van der Waals surface area contributed by atoms with Crippen LogP contribution in [0.3, 0.4) is 0 Å². The van der Waals surface area contributed by atoms with Crippen LogP contribution >= 0.6 is 0 Å². The number of nitrogens with two attached hydrogens (primary N) is 2. The molecule has 5 N–H and O–H groups in total. The molecule has 0 aliphatic carbocycles. The van der Waals surface area contributed by atoms with Gasteiger partial charge in [-0.1, -0.05) is 19.9 Å². The SMILES string of the molecule is CC(C)C(Oc1cccc(C(N)=O)c1)C(=O)NN. The van der Waals surface area contributed by atoms with Crippen LogP contribution in [0.5, 0.6) is 5.75 Å². The number of hydrogen-bond acceptors (Lipinski definition) is 4. The molecule has 2 amide bonds. The van der Waals surface area contributed by atoms with Crippen molar-refractivity contribution in [2.75, 3.05) is 0 Å². The van der Waals surface area contributed by atoms with Crippen molar-refractivity contribution in [3.05, 3.63) is 29.8 Å². The maximum atomic E-state index is 11.5.